The summed E-state index contributed by atoms with van der Waals surface area (Å²) in [7, 11) is 0. The topological polar surface area (TPSA) is 46.2 Å². The Labute approximate surface area is 161 Å². The molecule has 0 radical (unpaired) electrons. The summed E-state index contributed by atoms with van der Waals surface area (Å²) in [6.07, 6.45) is 2.92. The molecule has 1 aliphatic rings. The van der Waals surface area contributed by atoms with Crippen LogP contribution in [0.4, 0.5) is 8.78 Å². The Balaban J connectivity index is 1.72. The number of Topliss-reactive ketones (excluding diaryl/α,β-unsaturated/α-hetero) is 1. The summed E-state index contributed by atoms with van der Waals surface area (Å²) in [6.45, 7) is 0. The summed E-state index contributed by atoms with van der Waals surface area (Å²) in [5.74, 6) is -1.93. The van der Waals surface area contributed by atoms with Crippen molar-refractivity contribution in [3.63, 3.8) is 0 Å². The second kappa shape index (κ2) is 8.61. The van der Waals surface area contributed by atoms with Crippen LogP contribution < -0.4 is 5.32 Å². The summed E-state index contributed by atoms with van der Waals surface area (Å²) >= 11 is 5.98. The first-order valence-corrected chi connectivity index (χ1v) is 9.45. The maximum atomic E-state index is 13.8. The van der Waals surface area contributed by atoms with Gasteiger partial charge in [-0.05, 0) is 42.0 Å². The predicted molar refractivity (Wildman–Crippen MR) is 99.9 cm³/mol. The van der Waals surface area contributed by atoms with Crippen molar-refractivity contribution in [2.45, 2.75) is 37.6 Å². The van der Waals surface area contributed by atoms with Gasteiger partial charge >= 0.3 is 0 Å². The molecule has 2 aromatic carbocycles. The maximum absolute atomic E-state index is 13.8. The van der Waals surface area contributed by atoms with E-state index in [0.717, 1.165) is 36.1 Å². The zero-order valence-electron chi connectivity index (χ0n) is 14.7. The SMILES string of the molecule is O=C1CCC(c2ccc(C(CCl)NC(=O)c3c(F)cccc3F)cc2)CC1. The van der Waals surface area contributed by atoms with Crippen LogP contribution in [0.5, 0.6) is 0 Å². The van der Waals surface area contributed by atoms with Crippen molar-refractivity contribution >= 4 is 23.3 Å². The van der Waals surface area contributed by atoms with Gasteiger partial charge in [0.15, 0.2) is 0 Å². The van der Waals surface area contributed by atoms with E-state index >= 15 is 0 Å². The first-order valence-electron chi connectivity index (χ1n) is 8.92. The van der Waals surface area contributed by atoms with E-state index < -0.39 is 29.1 Å². The molecule has 3 rings (SSSR count). The highest BCUT2D eigenvalue weighted by molar-refractivity contribution is 6.18. The Morgan fingerprint density at radius 3 is 2.22 bits per heavy atom. The minimum absolute atomic E-state index is 0.0685. The number of alkyl halides is 1. The van der Waals surface area contributed by atoms with E-state index in [4.69, 9.17) is 11.6 Å². The van der Waals surface area contributed by atoms with Crippen molar-refractivity contribution in [1.82, 2.24) is 5.32 Å². The molecule has 1 saturated carbocycles. The summed E-state index contributed by atoms with van der Waals surface area (Å²) in [5.41, 5.74) is 1.29. The number of rotatable bonds is 5. The number of hydrogen-bond acceptors (Lipinski definition) is 2. The van der Waals surface area contributed by atoms with Crippen molar-refractivity contribution in [2.24, 2.45) is 0 Å². The minimum Gasteiger partial charge on any atom is -0.344 e. The van der Waals surface area contributed by atoms with Crippen molar-refractivity contribution in [2.75, 3.05) is 5.88 Å². The molecule has 3 nitrogen and oxygen atoms in total. The van der Waals surface area contributed by atoms with Gasteiger partial charge in [-0.15, -0.1) is 11.6 Å². The molecule has 1 aliphatic carbocycles. The Kier molecular flexibility index (Phi) is 6.22. The van der Waals surface area contributed by atoms with Gasteiger partial charge in [-0.25, -0.2) is 8.78 Å². The van der Waals surface area contributed by atoms with Gasteiger partial charge in [0.05, 0.1) is 6.04 Å². The molecule has 1 atom stereocenters. The van der Waals surface area contributed by atoms with E-state index in [1.165, 1.54) is 6.07 Å². The predicted octanol–water partition coefficient (Wildman–Crippen LogP) is 4.90. The highest BCUT2D eigenvalue weighted by Crippen LogP contribution is 2.32. The molecule has 142 valence electrons. The van der Waals surface area contributed by atoms with Gasteiger partial charge in [0.1, 0.15) is 23.0 Å². The molecule has 1 amide bonds. The highest BCUT2D eigenvalue weighted by atomic mass is 35.5. The van der Waals surface area contributed by atoms with Gasteiger partial charge in [-0.1, -0.05) is 30.3 Å². The molecule has 1 fully saturated rings. The fourth-order valence-electron chi connectivity index (χ4n) is 3.43. The number of amides is 1. The molecule has 0 saturated heterocycles. The van der Waals surface area contributed by atoms with E-state index in [-0.39, 0.29) is 5.88 Å². The van der Waals surface area contributed by atoms with Crippen molar-refractivity contribution in [3.8, 4) is 0 Å². The van der Waals surface area contributed by atoms with E-state index in [1.807, 2.05) is 24.3 Å². The van der Waals surface area contributed by atoms with Crippen molar-refractivity contribution in [1.29, 1.82) is 0 Å². The number of nitrogens with one attached hydrogen (secondary N) is 1. The number of ketones is 1. The first-order chi connectivity index (χ1) is 13.0. The van der Waals surface area contributed by atoms with Crippen LogP contribution in [0, 0.1) is 11.6 Å². The fraction of sp³-hybridized carbons (Fsp3) is 0.333. The third-order valence-electron chi connectivity index (χ3n) is 5.00. The lowest BCUT2D eigenvalue weighted by atomic mass is 9.83. The molecular weight excluding hydrogens is 372 g/mol. The lowest BCUT2D eigenvalue weighted by Crippen LogP contribution is -2.31. The van der Waals surface area contributed by atoms with E-state index in [0.29, 0.717) is 24.5 Å². The normalized spacial score (nSPS) is 16.2. The maximum Gasteiger partial charge on any atom is 0.257 e. The third-order valence-corrected chi connectivity index (χ3v) is 5.31. The van der Waals surface area contributed by atoms with Gasteiger partial charge in [0.25, 0.3) is 5.91 Å². The van der Waals surface area contributed by atoms with E-state index in [9.17, 15) is 18.4 Å². The average Bonchev–Trinajstić information content (AvgIpc) is 2.67. The molecule has 2 aromatic rings. The highest BCUT2D eigenvalue weighted by Gasteiger charge is 2.23. The molecule has 0 aromatic heterocycles. The molecular formula is C21H20ClF2NO2. The third kappa shape index (κ3) is 4.53. The Bertz CT molecular complexity index is 808. The molecule has 6 heteroatoms. The number of hydrogen-bond donors (Lipinski definition) is 1. The van der Waals surface area contributed by atoms with Crippen LogP contribution in [0.1, 0.15) is 59.1 Å². The first kappa shape index (κ1) is 19.5. The van der Waals surface area contributed by atoms with Gasteiger partial charge in [0, 0.05) is 18.7 Å². The lowest BCUT2D eigenvalue weighted by molar-refractivity contribution is -0.120. The molecule has 0 heterocycles. The van der Waals surface area contributed by atoms with Crippen LogP contribution in [0.2, 0.25) is 0 Å². The molecule has 0 aliphatic heterocycles. The molecule has 0 bridgehead atoms. The van der Waals surface area contributed by atoms with Gasteiger partial charge in [-0.2, -0.15) is 0 Å². The van der Waals surface area contributed by atoms with Crippen LogP contribution in [0.25, 0.3) is 0 Å². The standard InChI is InChI=1S/C21H20ClF2NO2/c22-12-19(25-21(27)20-17(23)2-1-3-18(20)24)15-6-4-13(5-7-15)14-8-10-16(26)11-9-14/h1-7,14,19H,8-12H2,(H,25,27). The molecule has 27 heavy (non-hydrogen) atoms. The van der Waals surface area contributed by atoms with Crippen molar-refractivity contribution in [3.05, 3.63) is 70.8 Å². The zero-order chi connectivity index (χ0) is 19.4. The summed E-state index contributed by atoms with van der Waals surface area (Å²) in [6, 6.07) is 10.4. The monoisotopic (exact) mass is 391 g/mol. The summed E-state index contributed by atoms with van der Waals surface area (Å²) in [4.78, 5) is 23.7. The van der Waals surface area contributed by atoms with Crippen molar-refractivity contribution < 1.29 is 18.4 Å². The average molecular weight is 392 g/mol. The van der Waals surface area contributed by atoms with E-state index in [1.54, 1.807) is 0 Å². The summed E-state index contributed by atoms with van der Waals surface area (Å²) in [5, 5.41) is 2.59. The quantitative estimate of drug-likeness (QED) is 0.737. The van der Waals surface area contributed by atoms with Crippen LogP contribution >= 0.6 is 11.6 Å². The minimum atomic E-state index is -0.914. The van der Waals surface area contributed by atoms with Gasteiger partial charge in [-0.3, -0.25) is 9.59 Å². The number of benzene rings is 2. The lowest BCUT2D eigenvalue weighted by Gasteiger charge is -2.22. The second-order valence-electron chi connectivity index (χ2n) is 6.76. The number of carbonyl (C=O) groups is 2. The Hall–Kier alpha value is -2.27. The molecule has 0 spiro atoms. The van der Waals surface area contributed by atoms with Crippen LogP contribution in [-0.4, -0.2) is 17.6 Å². The van der Waals surface area contributed by atoms with Gasteiger partial charge < -0.3 is 5.32 Å². The van der Waals surface area contributed by atoms with E-state index in [2.05, 4.69) is 5.32 Å². The Morgan fingerprint density at radius 2 is 1.67 bits per heavy atom. The van der Waals surface area contributed by atoms with Crippen LogP contribution in [0.15, 0.2) is 42.5 Å². The zero-order valence-corrected chi connectivity index (χ0v) is 15.4. The van der Waals surface area contributed by atoms with Crippen LogP contribution in [0.3, 0.4) is 0 Å². The molecule has 1 unspecified atom stereocenters. The van der Waals surface area contributed by atoms with Crippen LogP contribution in [-0.2, 0) is 4.79 Å². The fourth-order valence-corrected chi connectivity index (χ4v) is 3.69. The summed E-state index contributed by atoms with van der Waals surface area (Å²) < 4.78 is 27.6. The number of halogens is 3. The largest absolute Gasteiger partial charge is 0.344 e. The second-order valence-corrected chi connectivity index (χ2v) is 7.07. The number of carbonyl (C=O) groups excluding carboxylic acids is 2. The van der Waals surface area contributed by atoms with Gasteiger partial charge in [0.2, 0.25) is 0 Å². The smallest absolute Gasteiger partial charge is 0.257 e. The Morgan fingerprint density at radius 1 is 1.07 bits per heavy atom. The molecule has 1 N–H and O–H groups in total.